The summed E-state index contributed by atoms with van der Waals surface area (Å²) in [5.74, 6) is 0.974. The van der Waals surface area contributed by atoms with Gasteiger partial charge in [-0.1, -0.05) is 13.8 Å². The van der Waals surface area contributed by atoms with E-state index < -0.39 is 0 Å². The lowest BCUT2D eigenvalue weighted by Gasteiger charge is -2.08. The Kier molecular flexibility index (Phi) is 5.93. The predicted molar refractivity (Wildman–Crippen MR) is 85.5 cm³/mol. The van der Waals surface area contributed by atoms with Gasteiger partial charge in [0.2, 0.25) is 0 Å². The molecule has 0 fully saturated rings. The van der Waals surface area contributed by atoms with Crippen LogP contribution in [-0.2, 0) is 6.54 Å². The fourth-order valence-electron chi connectivity index (χ4n) is 2.36. The minimum atomic E-state index is 0.787. The van der Waals surface area contributed by atoms with Crippen LogP contribution in [0.1, 0.15) is 33.1 Å². The van der Waals surface area contributed by atoms with Crippen molar-refractivity contribution in [2.75, 3.05) is 19.7 Å². The van der Waals surface area contributed by atoms with Crippen LogP contribution in [0.15, 0.2) is 30.5 Å². The van der Waals surface area contributed by atoms with Crippen LogP contribution in [0, 0.1) is 0 Å². The van der Waals surface area contributed by atoms with Crippen molar-refractivity contribution in [2.45, 2.75) is 39.7 Å². The first kappa shape index (κ1) is 14.9. The molecule has 1 aromatic carbocycles. The highest BCUT2D eigenvalue weighted by Crippen LogP contribution is 2.22. The molecule has 1 aromatic heterocycles. The molecule has 20 heavy (non-hydrogen) atoms. The molecule has 0 unspecified atom stereocenters. The average molecular weight is 274 g/mol. The summed E-state index contributed by atoms with van der Waals surface area (Å²) in [6.07, 6.45) is 5.59. The van der Waals surface area contributed by atoms with Gasteiger partial charge in [0.1, 0.15) is 5.75 Å². The second kappa shape index (κ2) is 7.95. The van der Waals surface area contributed by atoms with Crippen molar-refractivity contribution >= 4 is 10.9 Å². The first-order chi connectivity index (χ1) is 9.85. The maximum Gasteiger partial charge on any atom is 0.120 e. The Hall–Kier alpha value is -1.48. The van der Waals surface area contributed by atoms with Gasteiger partial charge < -0.3 is 14.6 Å². The molecule has 2 aromatic rings. The number of benzene rings is 1. The van der Waals surface area contributed by atoms with Gasteiger partial charge in [-0.2, -0.15) is 0 Å². The molecule has 2 rings (SSSR count). The summed E-state index contributed by atoms with van der Waals surface area (Å²) in [5.41, 5.74) is 1.30. The molecule has 3 nitrogen and oxygen atoms in total. The van der Waals surface area contributed by atoms with Crippen LogP contribution in [-0.4, -0.2) is 24.3 Å². The molecule has 0 aliphatic carbocycles. The largest absolute Gasteiger partial charge is 0.494 e. The predicted octanol–water partition coefficient (Wildman–Crippen LogP) is 3.82. The van der Waals surface area contributed by atoms with Gasteiger partial charge in [-0.3, -0.25) is 0 Å². The van der Waals surface area contributed by atoms with Crippen LogP contribution < -0.4 is 10.1 Å². The third-order valence-corrected chi connectivity index (χ3v) is 3.39. The standard InChI is InChI=1S/C17H26N2O/c1-3-9-18-10-5-11-19-12-8-15-14-16(20-13-4-2)6-7-17(15)19/h6-8,12,14,18H,3-5,9-11,13H2,1-2H3. The zero-order chi connectivity index (χ0) is 14.2. The molecule has 0 bridgehead atoms. The number of hydrogen-bond donors (Lipinski definition) is 1. The number of rotatable bonds is 9. The number of ether oxygens (including phenoxy) is 1. The molecule has 3 heteroatoms. The summed E-state index contributed by atoms with van der Waals surface area (Å²) in [5, 5.41) is 4.71. The van der Waals surface area contributed by atoms with Crippen molar-refractivity contribution in [3.05, 3.63) is 30.5 Å². The first-order valence-electron chi connectivity index (χ1n) is 7.77. The molecule has 0 radical (unpaired) electrons. The second-order valence-corrected chi connectivity index (χ2v) is 5.18. The van der Waals surface area contributed by atoms with Crippen LogP contribution in [0.25, 0.3) is 10.9 Å². The fourth-order valence-corrected chi connectivity index (χ4v) is 2.36. The highest BCUT2D eigenvalue weighted by atomic mass is 16.5. The normalized spacial score (nSPS) is 11.1. The minimum absolute atomic E-state index is 0.787. The van der Waals surface area contributed by atoms with E-state index in [4.69, 9.17) is 4.74 Å². The maximum atomic E-state index is 5.68. The van der Waals surface area contributed by atoms with Gasteiger partial charge in [-0.25, -0.2) is 0 Å². The van der Waals surface area contributed by atoms with E-state index >= 15 is 0 Å². The lowest BCUT2D eigenvalue weighted by atomic mass is 10.2. The van der Waals surface area contributed by atoms with E-state index in [9.17, 15) is 0 Å². The minimum Gasteiger partial charge on any atom is -0.494 e. The van der Waals surface area contributed by atoms with E-state index in [1.54, 1.807) is 0 Å². The maximum absolute atomic E-state index is 5.68. The molecule has 0 saturated carbocycles. The molecule has 0 saturated heterocycles. The highest BCUT2D eigenvalue weighted by Gasteiger charge is 2.02. The third-order valence-electron chi connectivity index (χ3n) is 3.39. The molecule has 0 atom stereocenters. The zero-order valence-electron chi connectivity index (χ0n) is 12.7. The Labute approximate surface area is 121 Å². The SMILES string of the molecule is CCCNCCCn1ccc2cc(OCCC)ccc21. The lowest BCUT2D eigenvalue weighted by Crippen LogP contribution is -2.17. The summed E-state index contributed by atoms with van der Waals surface area (Å²) in [6.45, 7) is 8.38. The van der Waals surface area contributed by atoms with Gasteiger partial charge >= 0.3 is 0 Å². The average Bonchev–Trinajstić information content (AvgIpc) is 2.87. The van der Waals surface area contributed by atoms with Crippen molar-refractivity contribution in [1.29, 1.82) is 0 Å². The van der Waals surface area contributed by atoms with E-state index in [1.807, 2.05) is 0 Å². The number of hydrogen-bond acceptors (Lipinski definition) is 2. The molecule has 0 amide bonds. The van der Waals surface area contributed by atoms with E-state index in [-0.39, 0.29) is 0 Å². The fraction of sp³-hybridized carbons (Fsp3) is 0.529. The molecule has 1 heterocycles. The van der Waals surface area contributed by atoms with Gasteiger partial charge in [-0.15, -0.1) is 0 Å². The molecular weight excluding hydrogens is 248 g/mol. The van der Waals surface area contributed by atoms with Crippen molar-refractivity contribution in [1.82, 2.24) is 9.88 Å². The Morgan fingerprint density at radius 1 is 1.10 bits per heavy atom. The zero-order valence-corrected chi connectivity index (χ0v) is 12.7. The molecule has 0 spiro atoms. The van der Waals surface area contributed by atoms with Crippen LogP contribution in [0.4, 0.5) is 0 Å². The van der Waals surface area contributed by atoms with Gasteiger partial charge in [-0.05, 0) is 56.6 Å². The summed E-state index contributed by atoms with van der Waals surface area (Å²) in [6, 6.07) is 8.55. The monoisotopic (exact) mass is 274 g/mol. The quantitative estimate of drug-likeness (QED) is 0.704. The number of fused-ring (bicyclic) bond motifs is 1. The molecular formula is C17H26N2O. The summed E-state index contributed by atoms with van der Waals surface area (Å²) in [7, 11) is 0. The van der Waals surface area contributed by atoms with E-state index in [2.05, 4.69) is 54.2 Å². The van der Waals surface area contributed by atoms with Crippen LogP contribution in [0.2, 0.25) is 0 Å². The van der Waals surface area contributed by atoms with E-state index in [0.29, 0.717) is 0 Å². The Bertz CT molecular complexity index is 519. The van der Waals surface area contributed by atoms with Crippen molar-refractivity contribution < 1.29 is 4.74 Å². The summed E-state index contributed by atoms with van der Waals surface area (Å²) in [4.78, 5) is 0. The van der Waals surface area contributed by atoms with Crippen molar-refractivity contribution in [3.63, 3.8) is 0 Å². The lowest BCUT2D eigenvalue weighted by molar-refractivity contribution is 0.318. The van der Waals surface area contributed by atoms with Crippen LogP contribution in [0.3, 0.4) is 0 Å². The first-order valence-corrected chi connectivity index (χ1v) is 7.77. The molecule has 110 valence electrons. The summed E-state index contributed by atoms with van der Waals surface area (Å²) >= 11 is 0. The van der Waals surface area contributed by atoms with E-state index in [1.165, 1.54) is 17.3 Å². The van der Waals surface area contributed by atoms with E-state index in [0.717, 1.165) is 44.8 Å². The molecule has 0 aliphatic heterocycles. The van der Waals surface area contributed by atoms with Gasteiger partial charge in [0, 0.05) is 23.6 Å². The topological polar surface area (TPSA) is 26.2 Å². The smallest absolute Gasteiger partial charge is 0.120 e. The van der Waals surface area contributed by atoms with Gasteiger partial charge in [0.05, 0.1) is 6.61 Å². The van der Waals surface area contributed by atoms with Crippen LogP contribution in [0.5, 0.6) is 5.75 Å². The number of nitrogens with zero attached hydrogens (tertiary/aromatic N) is 1. The Balaban J connectivity index is 1.94. The number of nitrogens with one attached hydrogen (secondary N) is 1. The van der Waals surface area contributed by atoms with Gasteiger partial charge in [0.15, 0.2) is 0 Å². The van der Waals surface area contributed by atoms with Crippen molar-refractivity contribution in [2.24, 2.45) is 0 Å². The van der Waals surface area contributed by atoms with Crippen molar-refractivity contribution in [3.8, 4) is 5.75 Å². The second-order valence-electron chi connectivity index (χ2n) is 5.18. The molecule has 1 N–H and O–H groups in total. The number of aryl methyl sites for hydroxylation is 1. The Morgan fingerprint density at radius 3 is 2.80 bits per heavy atom. The van der Waals surface area contributed by atoms with Gasteiger partial charge in [0.25, 0.3) is 0 Å². The Morgan fingerprint density at radius 2 is 2.00 bits per heavy atom. The number of aromatic nitrogens is 1. The van der Waals surface area contributed by atoms with Crippen LogP contribution >= 0.6 is 0 Å². The molecule has 0 aliphatic rings. The highest BCUT2D eigenvalue weighted by molar-refractivity contribution is 5.81. The third kappa shape index (κ3) is 4.01. The summed E-state index contributed by atoms with van der Waals surface area (Å²) < 4.78 is 8.00.